The van der Waals surface area contributed by atoms with E-state index in [1.807, 2.05) is 0 Å². The fraction of sp³-hybridized carbons (Fsp3) is 0.143. The summed E-state index contributed by atoms with van der Waals surface area (Å²) in [6.45, 7) is 0.110. The molecule has 1 N–H and O–H groups in total. The van der Waals surface area contributed by atoms with Crippen molar-refractivity contribution >= 4 is 21.6 Å². The molecule has 0 heterocycles. The Labute approximate surface area is 125 Å². The smallest absolute Gasteiger partial charge is 0.378 e. The van der Waals surface area contributed by atoms with Crippen LogP contribution in [0.3, 0.4) is 0 Å². The van der Waals surface area contributed by atoms with E-state index in [1.54, 1.807) is 0 Å². The summed E-state index contributed by atoms with van der Waals surface area (Å²) in [5, 5.41) is 2.71. The fourth-order valence-electron chi connectivity index (χ4n) is 1.71. The molecule has 112 valence electrons. The van der Waals surface area contributed by atoms with Gasteiger partial charge in [-0.3, -0.25) is 0 Å². The van der Waals surface area contributed by atoms with Crippen molar-refractivity contribution < 1.29 is 22.0 Å². The van der Waals surface area contributed by atoms with Crippen LogP contribution in [0.1, 0.15) is 11.1 Å². The third-order valence-electron chi connectivity index (χ3n) is 2.76. The molecule has 0 saturated carbocycles. The highest BCUT2D eigenvalue weighted by Crippen LogP contribution is 2.30. The van der Waals surface area contributed by atoms with E-state index in [0.29, 0.717) is 5.56 Å². The summed E-state index contributed by atoms with van der Waals surface area (Å²) in [6.07, 6.45) is -4.39. The lowest BCUT2D eigenvalue weighted by Crippen LogP contribution is -2.06. The topological polar surface area (TPSA) is 12.0 Å². The Morgan fingerprint density at radius 2 is 1.62 bits per heavy atom. The lowest BCUT2D eigenvalue weighted by atomic mass is 10.1. The minimum Gasteiger partial charge on any atom is -0.378 e. The molecule has 0 aliphatic heterocycles. The number of hydrogen-bond donors (Lipinski definition) is 1. The maximum Gasteiger partial charge on any atom is 0.416 e. The van der Waals surface area contributed by atoms with Crippen LogP contribution in [-0.2, 0) is 12.7 Å². The van der Waals surface area contributed by atoms with Crippen molar-refractivity contribution in [2.24, 2.45) is 0 Å². The average molecular weight is 366 g/mol. The van der Waals surface area contributed by atoms with Gasteiger partial charge in [0.15, 0.2) is 0 Å². The maximum atomic E-state index is 13.6. The Hall–Kier alpha value is -1.63. The van der Waals surface area contributed by atoms with Gasteiger partial charge in [0.1, 0.15) is 11.6 Å². The van der Waals surface area contributed by atoms with Crippen molar-refractivity contribution in [3.8, 4) is 0 Å². The summed E-state index contributed by atoms with van der Waals surface area (Å²) < 4.78 is 63.9. The Bertz CT molecular complexity index is 614. The molecule has 21 heavy (non-hydrogen) atoms. The number of anilines is 1. The van der Waals surface area contributed by atoms with Crippen LogP contribution in [0.4, 0.5) is 27.6 Å². The van der Waals surface area contributed by atoms with Crippen LogP contribution in [0, 0.1) is 11.6 Å². The monoisotopic (exact) mass is 365 g/mol. The first-order valence-corrected chi connectivity index (χ1v) is 6.61. The van der Waals surface area contributed by atoms with E-state index in [2.05, 4.69) is 21.2 Å². The van der Waals surface area contributed by atoms with E-state index in [1.165, 1.54) is 12.1 Å². The van der Waals surface area contributed by atoms with Crippen molar-refractivity contribution in [1.82, 2.24) is 0 Å². The van der Waals surface area contributed by atoms with Crippen LogP contribution in [0.5, 0.6) is 0 Å². The Morgan fingerprint density at radius 1 is 1.00 bits per heavy atom. The van der Waals surface area contributed by atoms with Gasteiger partial charge in [-0.05, 0) is 39.7 Å². The second-order valence-electron chi connectivity index (χ2n) is 4.29. The van der Waals surface area contributed by atoms with Crippen LogP contribution in [0.2, 0.25) is 0 Å². The molecule has 2 rings (SSSR count). The van der Waals surface area contributed by atoms with Crippen molar-refractivity contribution in [2.45, 2.75) is 12.7 Å². The zero-order chi connectivity index (χ0) is 15.6. The first kappa shape index (κ1) is 15.8. The van der Waals surface area contributed by atoms with Gasteiger partial charge in [-0.2, -0.15) is 13.2 Å². The summed E-state index contributed by atoms with van der Waals surface area (Å²) in [5.74, 6) is -1.51. The van der Waals surface area contributed by atoms with E-state index < -0.39 is 23.4 Å². The molecular formula is C14H9BrF5N. The van der Waals surface area contributed by atoms with E-state index in [0.717, 1.165) is 24.3 Å². The molecule has 0 saturated heterocycles. The van der Waals surface area contributed by atoms with Crippen LogP contribution < -0.4 is 5.32 Å². The van der Waals surface area contributed by atoms with Gasteiger partial charge in [-0.15, -0.1) is 0 Å². The number of benzene rings is 2. The van der Waals surface area contributed by atoms with E-state index in [9.17, 15) is 22.0 Å². The van der Waals surface area contributed by atoms with Gasteiger partial charge < -0.3 is 5.32 Å². The largest absolute Gasteiger partial charge is 0.416 e. The highest BCUT2D eigenvalue weighted by atomic mass is 79.9. The predicted octanol–water partition coefficient (Wildman–Crippen LogP) is 5.36. The molecule has 0 atom stereocenters. The van der Waals surface area contributed by atoms with Gasteiger partial charge in [0, 0.05) is 17.1 Å². The molecule has 0 aliphatic rings. The Kier molecular flexibility index (Phi) is 4.51. The molecule has 0 unspecified atom stereocenters. The van der Waals surface area contributed by atoms with Gasteiger partial charge >= 0.3 is 6.18 Å². The van der Waals surface area contributed by atoms with Crippen LogP contribution in [0.25, 0.3) is 0 Å². The second kappa shape index (κ2) is 6.01. The Balaban J connectivity index is 2.10. The summed E-state index contributed by atoms with van der Waals surface area (Å²) in [4.78, 5) is 0. The molecule has 0 aromatic heterocycles. The van der Waals surface area contributed by atoms with Crippen LogP contribution in [0.15, 0.2) is 40.9 Å². The van der Waals surface area contributed by atoms with Crippen molar-refractivity contribution in [3.05, 3.63) is 63.6 Å². The Morgan fingerprint density at radius 3 is 2.14 bits per heavy atom. The van der Waals surface area contributed by atoms with E-state index in [4.69, 9.17) is 0 Å². The lowest BCUT2D eigenvalue weighted by molar-refractivity contribution is -0.137. The average Bonchev–Trinajstić information content (AvgIpc) is 2.37. The number of hydrogen-bond acceptors (Lipinski definition) is 1. The summed E-state index contributed by atoms with van der Waals surface area (Å²) in [7, 11) is 0. The summed E-state index contributed by atoms with van der Waals surface area (Å²) in [6, 6.07) is 6.31. The SMILES string of the molecule is Fc1cc(F)c(NCc2ccc(C(F)(F)F)cc2)c(Br)c1. The maximum absolute atomic E-state index is 13.6. The van der Waals surface area contributed by atoms with E-state index >= 15 is 0 Å². The zero-order valence-corrected chi connectivity index (χ0v) is 12.0. The van der Waals surface area contributed by atoms with E-state index in [-0.39, 0.29) is 16.7 Å². The number of alkyl halides is 3. The molecule has 2 aromatic carbocycles. The highest BCUT2D eigenvalue weighted by molar-refractivity contribution is 9.10. The van der Waals surface area contributed by atoms with Crippen LogP contribution >= 0.6 is 15.9 Å². The van der Waals surface area contributed by atoms with Crippen molar-refractivity contribution in [2.75, 3.05) is 5.32 Å². The molecule has 0 spiro atoms. The molecular weight excluding hydrogens is 357 g/mol. The van der Waals surface area contributed by atoms with Gasteiger partial charge in [0.05, 0.1) is 11.3 Å². The van der Waals surface area contributed by atoms with Crippen molar-refractivity contribution in [1.29, 1.82) is 0 Å². The minimum absolute atomic E-state index is 0.0521. The molecule has 0 radical (unpaired) electrons. The molecule has 0 amide bonds. The predicted molar refractivity (Wildman–Crippen MR) is 72.8 cm³/mol. The van der Waals surface area contributed by atoms with Gasteiger partial charge in [-0.25, -0.2) is 8.78 Å². The quantitative estimate of drug-likeness (QED) is 0.722. The number of nitrogens with one attached hydrogen (secondary N) is 1. The third-order valence-corrected chi connectivity index (χ3v) is 3.38. The zero-order valence-electron chi connectivity index (χ0n) is 10.4. The van der Waals surface area contributed by atoms with Gasteiger partial charge in [0.25, 0.3) is 0 Å². The minimum atomic E-state index is -4.39. The number of rotatable bonds is 3. The highest BCUT2D eigenvalue weighted by Gasteiger charge is 2.29. The molecule has 1 nitrogen and oxygen atoms in total. The molecule has 2 aromatic rings. The molecule has 0 fully saturated rings. The molecule has 7 heteroatoms. The molecule has 0 aliphatic carbocycles. The van der Waals surface area contributed by atoms with Crippen molar-refractivity contribution in [3.63, 3.8) is 0 Å². The molecule has 0 bridgehead atoms. The van der Waals surface area contributed by atoms with Crippen LogP contribution in [-0.4, -0.2) is 0 Å². The first-order chi connectivity index (χ1) is 9.77. The summed E-state index contributed by atoms with van der Waals surface area (Å²) in [5.41, 5.74) is -0.157. The number of halogens is 6. The van der Waals surface area contributed by atoms with Gasteiger partial charge in [0.2, 0.25) is 0 Å². The lowest BCUT2D eigenvalue weighted by Gasteiger charge is -2.11. The third kappa shape index (κ3) is 3.93. The second-order valence-corrected chi connectivity index (χ2v) is 5.15. The fourth-order valence-corrected chi connectivity index (χ4v) is 2.26. The standard InChI is InChI=1S/C14H9BrF5N/c15-11-5-10(16)6-12(17)13(11)21-7-8-1-3-9(4-2-8)14(18,19)20/h1-6,21H,7H2. The summed E-state index contributed by atoms with van der Waals surface area (Å²) >= 11 is 3.02. The van der Waals surface area contributed by atoms with Gasteiger partial charge in [-0.1, -0.05) is 12.1 Å². The normalized spacial score (nSPS) is 11.5. The first-order valence-electron chi connectivity index (χ1n) is 5.82.